The third-order valence-corrected chi connectivity index (χ3v) is 3.68. The number of halogens is 1. The summed E-state index contributed by atoms with van der Waals surface area (Å²) in [4.78, 5) is 24.5. The van der Waals surface area contributed by atoms with Crippen LogP contribution < -0.4 is 4.90 Å². The highest BCUT2D eigenvalue weighted by molar-refractivity contribution is 6.29. The van der Waals surface area contributed by atoms with Gasteiger partial charge in [0.2, 0.25) is 5.95 Å². The standard InChI is InChI=1S/C15H23ClN4O2/c1-10-8-12(16)18-13(17-10)19(5)11-6-7-20(9-11)14(21)22-15(2,3)4/h8,11H,6-7,9H2,1-5H3. The Morgan fingerprint density at radius 1 is 1.45 bits per heavy atom. The lowest BCUT2D eigenvalue weighted by molar-refractivity contribution is 0.0292. The molecule has 1 saturated heterocycles. The Balaban J connectivity index is 2.02. The molecule has 2 rings (SSSR count). The maximum absolute atomic E-state index is 12.1. The van der Waals surface area contributed by atoms with Crippen LogP contribution in [0.15, 0.2) is 6.07 Å². The minimum atomic E-state index is -0.478. The van der Waals surface area contributed by atoms with E-state index in [9.17, 15) is 4.79 Å². The molecule has 6 nitrogen and oxygen atoms in total. The van der Waals surface area contributed by atoms with Gasteiger partial charge in [0, 0.05) is 25.8 Å². The lowest BCUT2D eigenvalue weighted by Crippen LogP contribution is -2.39. The van der Waals surface area contributed by atoms with E-state index in [1.165, 1.54) is 0 Å². The van der Waals surface area contributed by atoms with Gasteiger partial charge in [0.25, 0.3) is 0 Å². The van der Waals surface area contributed by atoms with Crippen molar-refractivity contribution in [3.8, 4) is 0 Å². The van der Waals surface area contributed by atoms with Crippen LogP contribution in [0, 0.1) is 6.92 Å². The largest absolute Gasteiger partial charge is 0.444 e. The molecule has 0 bridgehead atoms. The number of carbonyl (C=O) groups excluding carboxylic acids is 1. The fourth-order valence-corrected chi connectivity index (χ4v) is 2.62. The van der Waals surface area contributed by atoms with Crippen LogP contribution in [-0.4, -0.2) is 52.7 Å². The molecule has 0 radical (unpaired) electrons. The Labute approximate surface area is 136 Å². The molecule has 0 aliphatic carbocycles. The van der Waals surface area contributed by atoms with E-state index in [4.69, 9.17) is 16.3 Å². The summed E-state index contributed by atoms with van der Waals surface area (Å²) in [7, 11) is 1.92. The molecule has 0 N–H and O–H groups in total. The molecule has 1 aliphatic rings. The number of rotatable bonds is 2. The third-order valence-electron chi connectivity index (χ3n) is 3.49. The zero-order valence-corrected chi connectivity index (χ0v) is 14.5. The third kappa shape index (κ3) is 4.22. The van der Waals surface area contributed by atoms with Crippen LogP contribution in [0.2, 0.25) is 5.15 Å². The zero-order valence-electron chi connectivity index (χ0n) is 13.8. The van der Waals surface area contributed by atoms with E-state index in [1.807, 2.05) is 39.6 Å². The topological polar surface area (TPSA) is 58.6 Å². The molecule has 1 unspecified atom stereocenters. The molecule has 0 aromatic carbocycles. The van der Waals surface area contributed by atoms with Gasteiger partial charge in [-0.2, -0.15) is 0 Å². The number of aromatic nitrogens is 2. The van der Waals surface area contributed by atoms with Gasteiger partial charge in [0.15, 0.2) is 0 Å². The first kappa shape index (κ1) is 16.8. The molecule has 22 heavy (non-hydrogen) atoms. The highest BCUT2D eigenvalue weighted by Crippen LogP contribution is 2.22. The second-order valence-corrected chi connectivity index (χ2v) is 7.00. The van der Waals surface area contributed by atoms with Gasteiger partial charge in [-0.3, -0.25) is 0 Å². The summed E-state index contributed by atoms with van der Waals surface area (Å²) in [6.45, 7) is 8.75. The Bertz CT molecular complexity index is 539. The van der Waals surface area contributed by atoms with Gasteiger partial charge in [0.05, 0.1) is 6.04 Å². The van der Waals surface area contributed by atoms with E-state index in [0.717, 1.165) is 12.1 Å². The smallest absolute Gasteiger partial charge is 0.410 e. The molecule has 7 heteroatoms. The summed E-state index contributed by atoms with van der Waals surface area (Å²) in [5, 5.41) is 0.427. The number of anilines is 1. The fraction of sp³-hybridized carbons (Fsp3) is 0.667. The van der Waals surface area contributed by atoms with Crippen molar-refractivity contribution in [2.75, 3.05) is 25.0 Å². The number of amides is 1. The van der Waals surface area contributed by atoms with Crippen molar-refractivity contribution in [2.24, 2.45) is 0 Å². The number of carbonyl (C=O) groups is 1. The van der Waals surface area contributed by atoms with E-state index in [2.05, 4.69) is 9.97 Å². The van der Waals surface area contributed by atoms with Crippen LogP contribution in [0.1, 0.15) is 32.9 Å². The number of likely N-dealkylation sites (N-methyl/N-ethyl adjacent to an activating group) is 1. The number of hydrogen-bond donors (Lipinski definition) is 0. The first-order valence-electron chi connectivity index (χ1n) is 7.37. The number of likely N-dealkylation sites (tertiary alicyclic amines) is 1. The average molecular weight is 327 g/mol. The second kappa shape index (κ2) is 6.28. The monoisotopic (exact) mass is 326 g/mol. The van der Waals surface area contributed by atoms with E-state index in [0.29, 0.717) is 24.2 Å². The van der Waals surface area contributed by atoms with Crippen molar-refractivity contribution in [1.82, 2.24) is 14.9 Å². The predicted octanol–water partition coefficient (Wildman–Crippen LogP) is 2.88. The summed E-state index contributed by atoms with van der Waals surface area (Å²) in [6, 6.07) is 1.88. The van der Waals surface area contributed by atoms with Crippen molar-refractivity contribution in [3.63, 3.8) is 0 Å². The normalized spacial score (nSPS) is 18.5. The molecule has 1 aromatic heterocycles. The van der Waals surface area contributed by atoms with Gasteiger partial charge >= 0.3 is 6.09 Å². The molecule has 1 aromatic rings. The quantitative estimate of drug-likeness (QED) is 0.782. The Morgan fingerprint density at radius 2 is 2.14 bits per heavy atom. The van der Waals surface area contributed by atoms with Gasteiger partial charge < -0.3 is 14.5 Å². The second-order valence-electron chi connectivity index (χ2n) is 6.61. The number of nitrogens with zero attached hydrogens (tertiary/aromatic N) is 4. The number of hydrogen-bond acceptors (Lipinski definition) is 5. The van der Waals surface area contributed by atoms with Crippen LogP contribution in [0.25, 0.3) is 0 Å². The van der Waals surface area contributed by atoms with Crippen LogP contribution in [0.3, 0.4) is 0 Å². The molecule has 122 valence electrons. The minimum absolute atomic E-state index is 0.158. The van der Waals surface area contributed by atoms with Crippen molar-refractivity contribution < 1.29 is 9.53 Å². The molecule has 1 aliphatic heterocycles. The van der Waals surface area contributed by atoms with Crippen LogP contribution in [0.4, 0.5) is 10.7 Å². The molecule has 1 atom stereocenters. The van der Waals surface area contributed by atoms with Crippen molar-refractivity contribution in [3.05, 3.63) is 16.9 Å². The average Bonchev–Trinajstić information content (AvgIpc) is 2.84. The maximum Gasteiger partial charge on any atom is 0.410 e. The van der Waals surface area contributed by atoms with Crippen LogP contribution in [-0.2, 0) is 4.74 Å². The molecular weight excluding hydrogens is 304 g/mol. The Morgan fingerprint density at radius 3 is 2.73 bits per heavy atom. The molecule has 1 amide bonds. The Hall–Kier alpha value is -1.56. The van der Waals surface area contributed by atoms with Gasteiger partial charge in [0.1, 0.15) is 10.8 Å². The number of aryl methyl sites for hydroxylation is 1. The maximum atomic E-state index is 12.1. The van der Waals surface area contributed by atoms with Gasteiger partial charge in [-0.15, -0.1) is 0 Å². The van der Waals surface area contributed by atoms with Gasteiger partial charge in [-0.05, 0) is 40.2 Å². The fourth-order valence-electron chi connectivity index (χ4n) is 2.39. The molecule has 2 heterocycles. The van der Waals surface area contributed by atoms with Crippen molar-refractivity contribution in [2.45, 2.75) is 45.8 Å². The summed E-state index contributed by atoms with van der Waals surface area (Å²) >= 11 is 5.99. The minimum Gasteiger partial charge on any atom is -0.444 e. The summed E-state index contributed by atoms with van der Waals surface area (Å²) in [6.07, 6.45) is 0.580. The van der Waals surface area contributed by atoms with E-state index < -0.39 is 5.60 Å². The SMILES string of the molecule is Cc1cc(Cl)nc(N(C)C2CCN(C(=O)OC(C)(C)C)C2)n1. The van der Waals surface area contributed by atoms with Crippen LogP contribution >= 0.6 is 11.6 Å². The highest BCUT2D eigenvalue weighted by atomic mass is 35.5. The molecular formula is C15H23ClN4O2. The van der Waals surface area contributed by atoms with Crippen molar-refractivity contribution >= 4 is 23.6 Å². The molecule has 0 saturated carbocycles. The van der Waals surface area contributed by atoms with Crippen molar-refractivity contribution in [1.29, 1.82) is 0 Å². The highest BCUT2D eigenvalue weighted by Gasteiger charge is 2.32. The zero-order chi connectivity index (χ0) is 16.5. The van der Waals surface area contributed by atoms with E-state index in [-0.39, 0.29) is 12.1 Å². The first-order chi connectivity index (χ1) is 10.2. The van der Waals surface area contributed by atoms with E-state index >= 15 is 0 Å². The van der Waals surface area contributed by atoms with Gasteiger partial charge in [-0.25, -0.2) is 14.8 Å². The molecule has 0 spiro atoms. The Kier molecular flexibility index (Phi) is 4.80. The number of ether oxygens (including phenoxy) is 1. The summed E-state index contributed by atoms with van der Waals surface area (Å²) < 4.78 is 5.41. The summed E-state index contributed by atoms with van der Waals surface area (Å²) in [5.74, 6) is 0.584. The molecule has 1 fully saturated rings. The summed E-state index contributed by atoms with van der Waals surface area (Å²) in [5.41, 5.74) is 0.345. The van der Waals surface area contributed by atoms with E-state index in [1.54, 1.807) is 11.0 Å². The predicted molar refractivity (Wildman–Crippen MR) is 86.4 cm³/mol. The van der Waals surface area contributed by atoms with Gasteiger partial charge in [-0.1, -0.05) is 11.6 Å². The van der Waals surface area contributed by atoms with Crippen LogP contribution in [0.5, 0.6) is 0 Å². The lowest BCUT2D eigenvalue weighted by Gasteiger charge is -2.26. The lowest BCUT2D eigenvalue weighted by atomic mass is 10.2. The first-order valence-corrected chi connectivity index (χ1v) is 7.75.